The van der Waals surface area contributed by atoms with Crippen LogP contribution in [0.15, 0.2) is 54.3 Å². The Labute approximate surface area is 142 Å². The summed E-state index contributed by atoms with van der Waals surface area (Å²) in [6, 6.07) is 14.5. The molecule has 0 spiro atoms. The predicted octanol–water partition coefficient (Wildman–Crippen LogP) is 4.68. The first-order chi connectivity index (χ1) is 11.6. The number of unbranched alkanes of at least 4 members (excludes halogenated alkanes) is 1. The second-order valence-electron chi connectivity index (χ2n) is 5.50. The summed E-state index contributed by atoms with van der Waals surface area (Å²) >= 11 is 0. The van der Waals surface area contributed by atoms with E-state index in [2.05, 4.69) is 6.92 Å². The molecule has 0 radical (unpaired) electrons. The topological polar surface area (TPSA) is 55.8 Å². The van der Waals surface area contributed by atoms with E-state index in [1.165, 1.54) is 6.08 Å². The number of hydrogen-bond donors (Lipinski definition) is 1. The summed E-state index contributed by atoms with van der Waals surface area (Å²) in [5.41, 5.74) is 1.89. The van der Waals surface area contributed by atoms with Crippen molar-refractivity contribution in [2.45, 2.75) is 26.7 Å². The minimum absolute atomic E-state index is 0.126. The molecule has 2 aromatic carbocycles. The Kier molecular flexibility index (Phi) is 6.43. The lowest BCUT2D eigenvalue weighted by atomic mass is 10.1. The van der Waals surface area contributed by atoms with Gasteiger partial charge in [0.2, 0.25) is 5.76 Å². The number of aryl methyl sites for hydroxylation is 1. The number of rotatable bonds is 8. The summed E-state index contributed by atoms with van der Waals surface area (Å²) in [5, 5.41) is 9.33. The number of carboxylic acid groups (broad SMARTS) is 1. The predicted molar refractivity (Wildman–Crippen MR) is 94.3 cm³/mol. The van der Waals surface area contributed by atoms with Crippen LogP contribution >= 0.6 is 0 Å². The monoisotopic (exact) mass is 326 g/mol. The summed E-state index contributed by atoms with van der Waals surface area (Å²) in [5.74, 6) is -0.0360. The average molecular weight is 326 g/mol. The van der Waals surface area contributed by atoms with Gasteiger partial charge in [0, 0.05) is 0 Å². The van der Waals surface area contributed by atoms with Crippen LogP contribution in [0.25, 0.3) is 6.08 Å². The van der Waals surface area contributed by atoms with Crippen LogP contribution < -0.4 is 9.47 Å². The van der Waals surface area contributed by atoms with Crippen molar-refractivity contribution in [1.29, 1.82) is 0 Å². The Hall–Kier alpha value is -2.75. The lowest BCUT2D eigenvalue weighted by Crippen LogP contribution is -2.07. The Balaban J connectivity index is 2.07. The van der Waals surface area contributed by atoms with Crippen LogP contribution in [0.5, 0.6) is 11.5 Å². The van der Waals surface area contributed by atoms with Gasteiger partial charge in [0.15, 0.2) is 0 Å². The average Bonchev–Trinajstić information content (AvgIpc) is 2.58. The number of hydrogen-bond acceptors (Lipinski definition) is 3. The summed E-state index contributed by atoms with van der Waals surface area (Å²) in [4.78, 5) is 11.4. The highest BCUT2D eigenvalue weighted by molar-refractivity contribution is 5.90. The van der Waals surface area contributed by atoms with Crippen molar-refractivity contribution in [3.05, 3.63) is 65.4 Å². The van der Waals surface area contributed by atoms with Crippen LogP contribution in [-0.2, 0) is 4.79 Å². The van der Waals surface area contributed by atoms with Gasteiger partial charge in [0.1, 0.15) is 11.5 Å². The smallest absolute Gasteiger partial charge is 0.371 e. The third kappa shape index (κ3) is 5.47. The van der Waals surface area contributed by atoms with Crippen molar-refractivity contribution in [2.24, 2.45) is 0 Å². The Morgan fingerprint density at radius 1 is 1.04 bits per heavy atom. The quantitative estimate of drug-likeness (QED) is 0.435. The molecule has 4 nitrogen and oxygen atoms in total. The zero-order chi connectivity index (χ0) is 17.4. The molecule has 0 saturated carbocycles. The SMILES string of the molecule is CCCCOc1ccc(OC(=Cc2ccc(C)cc2)C(=O)O)cc1. The van der Waals surface area contributed by atoms with Gasteiger partial charge < -0.3 is 14.6 Å². The molecule has 0 amide bonds. The number of benzene rings is 2. The highest BCUT2D eigenvalue weighted by atomic mass is 16.5. The molecule has 2 rings (SSSR count). The van der Waals surface area contributed by atoms with Gasteiger partial charge in [-0.1, -0.05) is 43.2 Å². The van der Waals surface area contributed by atoms with Crippen LogP contribution in [0.1, 0.15) is 30.9 Å². The molecule has 0 saturated heterocycles. The fraction of sp³-hybridized carbons (Fsp3) is 0.250. The molecule has 0 atom stereocenters. The summed E-state index contributed by atoms with van der Waals surface area (Å²) < 4.78 is 11.1. The van der Waals surface area contributed by atoms with Crippen molar-refractivity contribution in [3.8, 4) is 11.5 Å². The van der Waals surface area contributed by atoms with Crippen LogP contribution in [0.4, 0.5) is 0 Å². The molecule has 4 heteroatoms. The molecule has 0 unspecified atom stereocenters. The molecule has 0 aromatic heterocycles. The van der Waals surface area contributed by atoms with E-state index in [-0.39, 0.29) is 5.76 Å². The zero-order valence-corrected chi connectivity index (χ0v) is 14.0. The highest BCUT2D eigenvalue weighted by Crippen LogP contribution is 2.21. The molecule has 2 aromatic rings. The lowest BCUT2D eigenvalue weighted by Gasteiger charge is -2.09. The van der Waals surface area contributed by atoms with E-state index in [1.807, 2.05) is 31.2 Å². The number of carbonyl (C=O) groups is 1. The molecule has 0 bridgehead atoms. The maximum Gasteiger partial charge on any atom is 0.371 e. The van der Waals surface area contributed by atoms with Crippen molar-refractivity contribution in [3.63, 3.8) is 0 Å². The maximum atomic E-state index is 11.4. The molecule has 0 aliphatic heterocycles. The fourth-order valence-electron chi connectivity index (χ4n) is 2.01. The molecule has 0 fully saturated rings. The van der Waals surface area contributed by atoms with Crippen molar-refractivity contribution in [2.75, 3.05) is 6.61 Å². The molecule has 126 valence electrons. The highest BCUT2D eigenvalue weighted by Gasteiger charge is 2.10. The first-order valence-electron chi connectivity index (χ1n) is 8.01. The fourth-order valence-corrected chi connectivity index (χ4v) is 2.01. The number of ether oxygens (including phenoxy) is 2. The van der Waals surface area contributed by atoms with Crippen LogP contribution in [-0.4, -0.2) is 17.7 Å². The number of aliphatic carboxylic acids is 1. The van der Waals surface area contributed by atoms with Gasteiger partial charge in [0.25, 0.3) is 0 Å². The third-order valence-corrected chi connectivity index (χ3v) is 3.40. The van der Waals surface area contributed by atoms with Crippen LogP contribution in [0, 0.1) is 6.92 Å². The van der Waals surface area contributed by atoms with Crippen molar-refractivity contribution in [1.82, 2.24) is 0 Å². The minimum Gasteiger partial charge on any atom is -0.494 e. The lowest BCUT2D eigenvalue weighted by molar-refractivity contribution is -0.134. The van der Waals surface area contributed by atoms with Gasteiger partial charge in [-0.2, -0.15) is 0 Å². The first-order valence-corrected chi connectivity index (χ1v) is 8.01. The maximum absolute atomic E-state index is 11.4. The Morgan fingerprint density at radius 3 is 2.25 bits per heavy atom. The van der Waals surface area contributed by atoms with Gasteiger partial charge >= 0.3 is 5.97 Å². The summed E-state index contributed by atoms with van der Waals surface area (Å²) in [6.07, 6.45) is 3.58. The van der Waals surface area contributed by atoms with Crippen molar-refractivity contribution < 1.29 is 19.4 Å². The standard InChI is InChI=1S/C20H22O4/c1-3-4-13-23-17-9-11-18(12-10-17)24-19(20(21)22)14-16-7-5-15(2)6-8-16/h5-12,14H,3-4,13H2,1-2H3,(H,21,22). The second kappa shape index (κ2) is 8.77. The molecular weight excluding hydrogens is 304 g/mol. The molecule has 0 aliphatic rings. The largest absolute Gasteiger partial charge is 0.494 e. The van der Waals surface area contributed by atoms with E-state index in [9.17, 15) is 9.90 Å². The summed E-state index contributed by atoms with van der Waals surface area (Å²) in [6.45, 7) is 4.75. The Morgan fingerprint density at radius 2 is 1.67 bits per heavy atom. The molecule has 0 heterocycles. The molecular formula is C20H22O4. The Bertz CT molecular complexity index is 685. The van der Waals surface area contributed by atoms with Gasteiger partial charge in [-0.3, -0.25) is 0 Å². The van der Waals surface area contributed by atoms with Gasteiger partial charge in [-0.15, -0.1) is 0 Å². The third-order valence-electron chi connectivity index (χ3n) is 3.40. The minimum atomic E-state index is -1.11. The van der Waals surface area contributed by atoms with E-state index in [1.54, 1.807) is 24.3 Å². The van der Waals surface area contributed by atoms with E-state index in [0.29, 0.717) is 12.4 Å². The van der Waals surface area contributed by atoms with Crippen molar-refractivity contribution >= 4 is 12.0 Å². The molecule has 1 N–H and O–H groups in total. The zero-order valence-electron chi connectivity index (χ0n) is 14.0. The number of carboxylic acids is 1. The molecule has 0 aliphatic carbocycles. The second-order valence-corrected chi connectivity index (χ2v) is 5.50. The normalized spacial score (nSPS) is 11.2. The van der Waals surface area contributed by atoms with Gasteiger partial charge in [-0.05, 0) is 49.2 Å². The van der Waals surface area contributed by atoms with E-state index in [4.69, 9.17) is 9.47 Å². The van der Waals surface area contributed by atoms with E-state index in [0.717, 1.165) is 29.7 Å². The van der Waals surface area contributed by atoms with E-state index < -0.39 is 5.97 Å². The van der Waals surface area contributed by atoms with Crippen LogP contribution in [0.3, 0.4) is 0 Å². The summed E-state index contributed by atoms with van der Waals surface area (Å²) in [7, 11) is 0. The van der Waals surface area contributed by atoms with Crippen LogP contribution in [0.2, 0.25) is 0 Å². The first kappa shape index (κ1) is 17.6. The molecule has 24 heavy (non-hydrogen) atoms. The van der Waals surface area contributed by atoms with Gasteiger partial charge in [-0.25, -0.2) is 4.79 Å². The van der Waals surface area contributed by atoms with E-state index >= 15 is 0 Å². The van der Waals surface area contributed by atoms with Gasteiger partial charge in [0.05, 0.1) is 6.61 Å².